The van der Waals surface area contributed by atoms with Crippen LogP contribution in [0.3, 0.4) is 0 Å². The molecule has 0 bridgehead atoms. The van der Waals surface area contributed by atoms with Crippen molar-refractivity contribution in [2.75, 3.05) is 5.32 Å². The molecule has 29 heavy (non-hydrogen) atoms. The highest BCUT2D eigenvalue weighted by Gasteiger charge is 2.31. The van der Waals surface area contributed by atoms with Gasteiger partial charge in [-0.1, -0.05) is 30.7 Å². The number of anilines is 1. The van der Waals surface area contributed by atoms with Crippen LogP contribution in [-0.2, 0) is 9.59 Å². The molecule has 1 aliphatic carbocycles. The first-order valence-corrected chi connectivity index (χ1v) is 9.43. The standard InChI is InChI=1S/C22H19F2N3O2/c23-16-9-7-14(8-10-16)19(13-3-1-4-13)27-22(29)21(28)26-17-11-15-5-2-6-18(24)20(15)25-12-17/h2,5-13,19H,1,3-4H2,(H,26,28)(H,27,29). The molecule has 1 atom stereocenters. The van der Waals surface area contributed by atoms with Gasteiger partial charge in [-0.2, -0.15) is 0 Å². The number of rotatable bonds is 4. The molecule has 0 radical (unpaired) electrons. The number of carbonyl (C=O) groups excluding carboxylic acids is 2. The highest BCUT2D eigenvalue weighted by atomic mass is 19.1. The van der Waals surface area contributed by atoms with Gasteiger partial charge in [-0.05, 0) is 48.6 Å². The average molecular weight is 395 g/mol. The van der Waals surface area contributed by atoms with Gasteiger partial charge in [0.05, 0.1) is 17.9 Å². The number of amides is 2. The highest BCUT2D eigenvalue weighted by molar-refractivity contribution is 6.39. The Kier molecular flexibility index (Phi) is 5.20. The van der Waals surface area contributed by atoms with Gasteiger partial charge in [0.15, 0.2) is 0 Å². The maximum Gasteiger partial charge on any atom is 0.313 e. The fourth-order valence-electron chi connectivity index (χ4n) is 3.50. The Morgan fingerprint density at radius 3 is 2.48 bits per heavy atom. The van der Waals surface area contributed by atoms with Gasteiger partial charge in [-0.3, -0.25) is 14.6 Å². The number of halogens is 2. The summed E-state index contributed by atoms with van der Waals surface area (Å²) in [4.78, 5) is 28.9. The Bertz CT molecular complexity index is 1070. The summed E-state index contributed by atoms with van der Waals surface area (Å²) in [6.07, 6.45) is 4.23. The third-order valence-corrected chi connectivity index (χ3v) is 5.26. The number of pyridine rings is 1. The van der Waals surface area contributed by atoms with E-state index >= 15 is 0 Å². The maximum absolute atomic E-state index is 13.7. The molecule has 0 spiro atoms. The fourth-order valence-corrected chi connectivity index (χ4v) is 3.50. The molecule has 2 amide bonds. The summed E-state index contributed by atoms with van der Waals surface area (Å²) in [6, 6.07) is 11.6. The lowest BCUT2D eigenvalue weighted by Crippen LogP contribution is -2.41. The van der Waals surface area contributed by atoms with Crippen molar-refractivity contribution in [3.8, 4) is 0 Å². The summed E-state index contributed by atoms with van der Waals surface area (Å²) in [5.74, 6) is -2.23. The van der Waals surface area contributed by atoms with E-state index in [0.29, 0.717) is 11.1 Å². The Hall–Kier alpha value is -3.35. The molecule has 148 valence electrons. The third kappa shape index (κ3) is 4.08. The van der Waals surface area contributed by atoms with Gasteiger partial charge < -0.3 is 10.6 Å². The summed E-state index contributed by atoms with van der Waals surface area (Å²) in [6.45, 7) is 0. The van der Waals surface area contributed by atoms with E-state index < -0.39 is 17.6 Å². The smallest absolute Gasteiger partial charge is 0.313 e. The lowest BCUT2D eigenvalue weighted by Gasteiger charge is -2.34. The van der Waals surface area contributed by atoms with Gasteiger partial charge in [0, 0.05) is 5.39 Å². The van der Waals surface area contributed by atoms with Crippen molar-refractivity contribution >= 4 is 28.4 Å². The molecule has 4 rings (SSSR count). The van der Waals surface area contributed by atoms with Crippen LogP contribution in [0.25, 0.3) is 10.9 Å². The molecule has 1 aromatic heterocycles. The molecule has 1 saturated carbocycles. The van der Waals surface area contributed by atoms with Gasteiger partial charge in [0.2, 0.25) is 0 Å². The van der Waals surface area contributed by atoms with Gasteiger partial charge in [-0.25, -0.2) is 8.78 Å². The summed E-state index contributed by atoms with van der Waals surface area (Å²) in [7, 11) is 0. The molecule has 1 unspecified atom stereocenters. The largest absolute Gasteiger partial charge is 0.341 e. The number of nitrogens with zero attached hydrogens (tertiary/aromatic N) is 1. The Morgan fingerprint density at radius 1 is 1.03 bits per heavy atom. The zero-order valence-electron chi connectivity index (χ0n) is 15.5. The minimum Gasteiger partial charge on any atom is -0.341 e. The number of nitrogens with one attached hydrogen (secondary N) is 2. The molecule has 1 fully saturated rings. The lowest BCUT2D eigenvalue weighted by atomic mass is 9.77. The van der Waals surface area contributed by atoms with Crippen LogP contribution in [-0.4, -0.2) is 16.8 Å². The van der Waals surface area contributed by atoms with Crippen molar-refractivity contribution < 1.29 is 18.4 Å². The molecule has 2 N–H and O–H groups in total. The van der Waals surface area contributed by atoms with Gasteiger partial charge in [0.1, 0.15) is 17.2 Å². The summed E-state index contributed by atoms with van der Waals surface area (Å²) in [5, 5.41) is 5.78. The van der Waals surface area contributed by atoms with E-state index in [9.17, 15) is 18.4 Å². The van der Waals surface area contributed by atoms with Crippen LogP contribution in [0.2, 0.25) is 0 Å². The molecule has 7 heteroatoms. The predicted molar refractivity (Wildman–Crippen MR) is 105 cm³/mol. The van der Waals surface area contributed by atoms with E-state index in [1.54, 1.807) is 30.3 Å². The molecule has 2 aromatic carbocycles. The van der Waals surface area contributed by atoms with Crippen molar-refractivity contribution in [1.82, 2.24) is 10.3 Å². The SMILES string of the molecule is O=C(Nc1cnc2c(F)cccc2c1)C(=O)NC(c1ccc(F)cc1)C1CCC1. The predicted octanol–water partition coefficient (Wildman–Crippen LogP) is 4.11. The molecular weight excluding hydrogens is 376 g/mol. The molecule has 0 aliphatic heterocycles. The Balaban J connectivity index is 1.48. The van der Waals surface area contributed by atoms with Crippen molar-refractivity contribution in [2.45, 2.75) is 25.3 Å². The number of hydrogen-bond acceptors (Lipinski definition) is 3. The van der Waals surface area contributed by atoms with E-state index in [1.807, 2.05) is 0 Å². The van der Waals surface area contributed by atoms with E-state index in [2.05, 4.69) is 15.6 Å². The highest BCUT2D eigenvalue weighted by Crippen LogP contribution is 2.37. The van der Waals surface area contributed by atoms with Crippen molar-refractivity contribution in [1.29, 1.82) is 0 Å². The first kappa shape index (κ1) is 19.0. The van der Waals surface area contributed by atoms with Crippen LogP contribution in [0, 0.1) is 17.6 Å². The zero-order valence-corrected chi connectivity index (χ0v) is 15.5. The van der Waals surface area contributed by atoms with Crippen molar-refractivity contribution in [2.24, 2.45) is 5.92 Å². The second kappa shape index (κ2) is 7.95. The Labute approximate surface area is 166 Å². The number of fused-ring (bicyclic) bond motifs is 1. The topological polar surface area (TPSA) is 71.1 Å². The van der Waals surface area contributed by atoms with Gasteiger partial charge >= 0.3 is 11.8 Å². The minimum absolute atomic E-state index is 0.191. The van der Waals surface area contributed by atoms with E-state index in [1.165, 1.54) is 24.4 Å². The first-order chi connectivity index (χ1) is 14.0. The fraction of sp³-hybridized carbons (Fsp3) is 0.227. The summed E-state index contributed by atoms with van der Waals surface area (Å²) >= 11 is 0. The second-order valence-corrected chi connectivity index (χ2v) is 7.18. The van der Waals surface area contributed by atoms with Crippen molar-refractivity contribution in [3.05, 3.63) is 71.9 Å². The normalized spacial score (nSPS) is 14.8. The molecule has 3 aromatic rings. The molecule has 1 aliphatic rings. The number of aromatic nitrogens is 1. The quantitative estimate of drug-likeness (QED) is 0.653. The summed E-state index contributed by atoms with van der Waals surface area (Å²) in [5.41, 5.74) is 1.25. The molecule has 5 nitrogen and oxygen atoms in total. The third-order valence-electron chi connectivity index (χ3n) is 5.26. The lowest BCUT2D eigenvalue weighted by molar-refractivity contribution is -0.137. The van der Waals surface area contributed by atoms with Crippen LogP contribution in [0.15, 0.2) is 54.7 Å². The molecular formula is C22H19F2N3O2. The summed E-state index contributed by atoms with van der Waals surface area (Å²) < 4.78 is 27.0. The van der Waals surface area contributed by atoms with Crippen molar-refractivity contribution in [3.63, 3.8) is 0 Å². The number of carbonyl (C=O) groups is 2. The Morgan fingerprint density at radius 2 is 1.79 bits per heavy atom. The monoisotopic (exact) mass is 395 g/mol. The second-order valence-electron chi connectivity index (χ2n) is 7.18. The van der Waals surface area contributed by atoms with Gasteiger partial charge in [-0.15, -0.1) is 0 Å². The number of hydrogen-bond donors (Lipinski definition) is 2. The van der Waals surface area contributed by atoms with Crippen LogP contribution >= 0.6 is 0 Å². The molecule has 0 saturated heterocycles. The average Bonchev–Trinajstić information content (AvgIpc) is 2.67. The van der Waals surface area contributed by atoms with Crippen LogP contribution in [0.5, 0.6) is 0 Å². The van der Waals surface area contributed by atoms with Crippen LogP contribution in [0.1, 0.15) is 30.9 Å². The van der Waals surface area contributed by atoms with E-state index in [-0.39, 0.29) is 23.3 Å². The zero-order chi connectivity index (χ0) is 20.4. The van der Waals surface area contributed by atoms with Crippen LogP contribution in [0.4, 0.5) is 14.5 Å². The first-order valence-electron chi connectivity index (χ1n) is 9.43. The van der Waals surface area contributed by atoms with E-state index in [0.717, 1.165) is 24.8 Å². The maximum atomic E-state index is 13.7. The van der Waals surface area contributed by atoms with Gasteiger partial charge in [0.25, 0.3) is 0 Å². The minimum atomic E-state index is -0.839. The van der Waals surface area contributed by atoms with E-state index in [4.69, 9.17) is 0 Å². The number of para-hydroxylation sites is 1. The molecule has 1 heterocycles. The van der Waals surface area contributed by atoms with Crippen LogP contribution < -0.4 is 10.6 Å². The number of benzene rings is 2.